The SMILES string of the molecule is Nc1cc(CNC(=O)CCCCC(F)(F)F)ccc1F. The molecule has 1 rings (SSSR count). The Hall–Kier alpha value is -1.79. The molecule has 1 amide bonds. The predicted molar refractivity (Wildman–Crippen MR) is 67.2 cm³/mol. The highest BCUT2D eigenvalue weighted by Crippen LogP contribution is 2.22. The molecule has 0 radical (unpaired) electrons. The molecule has 0 aliphatic carbocycles. The fourth-order valence-corrected chi connectivity index (χ4v) is 1.60. The lowest BCUT2D eigenvalue weighted by Gasteiger charge is -2.07. The van der Waals surface area contributed by atoms with Gasteiger partial charge in [-0.15, -0.1) is 0 Å². The van der Waals surface area contributed by atoms with Crippen LogP contribution in [0.15, 0.2) is 18.2 Å². The van der Waals surface area contributed by atoms with Gasteiger partial charge in [0.25, 0.3) is 0 Å². The lowest BCUT2D eigenvalue weighted by atomic mass is 10.1. The van der Waals surface area contributed by atoms with Crippen molar-refractivity contribution in [2.45, 2.75) is 38.4 Å². The maximum Gasteiger partial charge on any atom is 0.389 e. The third-order valence-electron chi connectivity index (χ3n) is 2.66. The highest BCUT2D eigenvalue weighted by Gasteiger charge is 2.25. The summed E-state index contributed by atoms with van der Waals surface area (Å²) in [5.41, 5.74) is 5.99. The number of carbonyl (C=O) groups is 1. The number of anilines is 1. The number of benzene rings is 1. The molecule has 0 spiro atoms. The molecule has 0 fully saturated rings. The van der Waals surface area contributed by atoms with E-state index >= 15 is 0 Å². The summed E-state index contributed by atoms with van der Waals surface area (Å²) >= 11 is 0. The van der Waals surface area contributed by atoms with Crippen molar-refractivity contribution in [3.63, 3.8) is 0 Å². The Kier molecular flexibility index (Phi) is 5.79. The molecular weight excluding hydrogens is 276 g/mol. The lowest BCUT2D eigenvalue weighted by molar-refractivity contribution is -0.136. The fraction of sp³-hybridized carbons (Fsp3) is 0.462. The van der Waals surface area contributed by atoms with Crippen molar-refractivity contribution in [3.05, 3.63) is 29.6 Å². The topological polar surface area (TPSA) is 55.1 Å². The van der Waals surface area contributed by atoms with E-state index in [1.807, 2.05) is 0 Å². The molecule has 0 aliphatic heterocycles. The smallest absolute Gasteiger partial charge is 0.389 e. The second-order valence-corrected chi connectivity index (χ2v) is 4.45. The molecule has 0 saturated carbocycles. The van der Waals surface area contributed by atoms with Crippen LogP contribution in [0.25, 0.3) is 0 Å². The molecule has 20 heavy (non-hydrogen) atoms. The van der Waals surface area contributed by atoms with Gasteiger partial charge >= 0.3 is 6.18 Å². The number of nitrogens with one attached hydrogen (secondary N) is 1. The third-order valence-corrected chi connectivity index (χ3v) is 2.66. The Morgan fingerprint density at radius 1 is 1.25 bits per heavy atom. The molecule has 1 aromatic rings. The average Bonchev–Trinajstić information content (AvgIpc) is 2.35. The number of hydrogen-bond acceptors (Lipinski definition) is 2. The molecule has 0 saturated heterocycles. The summed E-state index contributed by atoms with van der Waals surface area (Å²) in [5.74, 6) is -0.873. The van der Waals surface area contributed by atoms with E-state index < -0.39 is 18.4 Å². The van der Waals surface area contributed by atoms with Gasteiger partial charge in [0, 0.05) is 19.4 Å². The van der Waals surface area contributed by atoms with Crippen molar-refractivity contribution in [2.24, 2.45) is 0 Å². The van der Waals surface area contributed by atoms with Crippen LogP contribution < -0.4 is 11.1 Å². The number of alkyl halides is 3. The number of amides is 1. The van der Waals surface area contributed by atoms with E-state index in [1.165, 1.54) is 18.2 Å². The first-order valence-corrected chi connectivity index (χ1v) is 6.15. The molecule has 7 heteroatoms. The minimum atomic E-state index is -4.18. The highest BCUT2D eigenvalue weighted by atomic mass is 19.4. The molecule has 0 heterocycles. The fourth-order valence-electron chi connectivity index (χ4n) is 1.60. The predicted octanol–water partition coefficient (Wildman–Crippen LogP) is 3.15. The van der Waals surface area contributed by atoms with Crippen LogP contribution in [-0.2, 0) is 11.3 Å². The molecule has 1 aromatic carbocycles. The molecule has 3 N–H and O–H groups in total. The number of nitrogen functional groups attached to an aromatic ring is 1. The van der Waals surface area contributed by atoms with Crippen molar-refractivity contribution in [1.82, 2.24) is 5.32 Å². The van der Waals surface area contributed by atoms with Gasteiger partial charge < -0.3 is 11.1 Å². The Balaban J connectivity index is 2.24. The Labute approximate surface area is 114 Å². The van der Waals surface area contributed by atoms with Crippen LogP contribution >= 0.6 is 0 Å². The Morgan fingerprint density at radius 3 is 2.55 bits per heavy atom. The normalized spacial score (nSPS) is 11.4. The van der Waals surface area contributed by atoms with Crippen LogP contribution in [0.1, 0.15) is 31.2 Å². The van der Waals surface area contributed by atoms with Crippen molar-refractivity contribution in [3.8, 4) is 0 Å². The summed E-state index contributed by atoms with van der Waals surface area (Å²) in [6.45, 7) is 0.169. The molecule has 0 bridgehead atoms. The van der Waals surface area contributed by atoms with Gasteiger partial charge in [-0.3, -0.25) is 4.79 Å². The number of unbranched alkanes of at least 4 members (excludes halogenated alkanes) is 1. The van der Waals surface area contributed by atoms with Gasteiger partial charge in [-0.1, -0.05) is 6.07 Å². The quantitative estimate of drug-likeness (QED) is 0.481. The second kappa shape index (κ2) is 7.12. The average molecular weight is 292 g/mol. The van der Waals surface area contributed by atoms with E-state index in [9.17, 15) is 22.4 Å². The summed E-state index contributed by atoms with van der Waals surface area (Å²) in [4.78, 5) is 11.4. The van der Waals surface area contributed by atoms with E-state index in [1.54, 1.807) is 0 Å². The van der Waals surface area contributed by atoms with Gasteiger partial charge in [0.1, 0.15) is 5.82 Å². The van der Waals surface area contributed by atoms with Gasteiger partial charge in [-0.25, -0.2) is 4.39 Å². The Morgan fingerprint density at radius 2 is 1.95 bits per heavy atom. The minimum absolute atomic E-state index is 0.0121. The summed E-state index contributed by atoms with van der Waals surface area (Å²) in [7, 11) is 0. The van der Waals surface area contributed by atoms with Crippen molar-refractivity contribution < 1.29 is 22.4 Å². The molecular formula is C13H16F4N2O. The molecule has 112 valence electrons. The number of rotatable bonds is 6. The van der Waals surface area contributed by atoms with Crippen molar-refractivity contribution >= 4 is 11.6 Å². The maximum absolute atomic E-state index is 12.9. The number of nitrogens with two attached hydrogens (primary N) is 1. The summed E-state index contributed by atoms with van der Waals surface area (Å²) in [6, 6.07) is 4.08. The third kappa shape index (κ3) is 6.40. The Bertz CT molecular complexity index is 460. The molecule has 3 nitrogen and oxygen atoms in total. The summed E-state index contributed by atoms with van der Waals surface area (Å²) < 4.78 is 48.5. The highest BCUT2D eigenvalue weighted by molar-refractivity contribution is 5.75. The van der Waals surface area contributed by atoms with Gasteiger partial charge in [0.05, 0.1) is 5.69 Å². The lowest BCUT2D eigenvalue weighted by Crippen LogP contribution is -2.22. The van der Waals surface area contributed by atoms with Gasteiger partial charge in [0.2, 0.25) is 5.91 Å². The van der Waals surface area contributed by atoms with Gasteiger partial charge in [-0.2, -0.15) is 13.2 Å². The first-order chi connectivity index (χ1) is 9.28. The van der Waals surface area contributed by atoms with Crippen LogP contribution in [0, 0.1) is 5.82 Å². The van der Waals surface area contributed by atoms with Crippen LogP contribution in [0.2, 0.25) is 0 Å². The summed E-state index contributed by atoms with van der Waals surface area (Å²) in [5, 5.41) is 2.55. The zero-order valence-corrected chi connectivity index (χ0v) is 10.8. The molecule has 0 aliphatic rings. The molecule has 0 unspecified atom stereocenters. The van der Waals surface area contributed by atoms with E-state index in [2.05, 4.69) is 5.32 Å². The van der Waals surface area contributed by atoms with Crippen LogP contribution in [0.4, 0.5) is 23.2 Å². The number of carbonyl (C=O) groups excluding carboxylic acids is 1. The van der Waals surface area contributed by atoms with E-state index in [0.717, 1.165) is 0 Å². The van der Waals surface area contributed by atoms with E-state index in [-0.39, 0.29) is 37.4 Å². The van der Waals surface area contributed by atoms with Gasteiger partial charge in [0.15, 0.2) is 0 Å². The van der Waals surface area contributed by atoms with Crippen LogP contribution in [-0.4, -0.2) is 12.1 Å². The van der Waals surface area contributed by atoms with Crippen LogP contribution in [0.3, 0.4) is 0 Å². The zero-order chi connectivity index (χ0) is 15.2. The van der Waals surface area contributed by atoms with E-state index in [0.29, 0.717) is 5.56 Å². The van der Waals surface area contributed by atoms with Gasteiger partial charge in [-0.05, 0) is 30.5 Å². The number of halogens is 4. The molecule has 0 atom stereocenters. The first-order valence-electron chi connectivity index (χ1n) is 6.15. The maximum atomic E-state index is 12.9. The van der Waals surface area contributed by atoms with Crippen molar-refractivity contribution in [1.29, 1.82) is 0 Å². The van der Waals surface area contributed by atoms with Crippen LogP contribution in [0.5, 0.6) is 0 Å². The standard InChI is InChI=1S/C13H16F4N2O/c14-10-5-4-9(7-11(10)18)8-19-12(20)3-1-2-6-13(15,16)17/h4-5,7H,1-3,6,8,18H2,(H,19,20). The largest absolute Gasteiger partial charge is 0.396 e. The second-order valence-electron chi connectivity index (χ2n) is 4.45. The minimum Gasteiger partial charge on any atom is -0.396 e. The van der Waals surface area contributed by atoms with Crippen molar-refractivity contribution in [2.75, 3.05) is 5.73 Å². The monoisotopic (exact) mass is 292 g/mol. The number of hydrogen-bond donors (Lipinski definition) is 2. The molecule has 0 aromatic heterocycles. The summed E-state index contributed by atoms with van der Waals surface area (Å²) in [6.07, 6.45) is -4.92. The van der Waals surface area contributed by atoms with E-state index in [4.69, 9.17) is 5.73 Å². The first kappa shape index (κ1) is 16.3. The zero-order valence-electron chi connectivity index (χ0n) is 10.8.